The van der Waals surface area contributed by atoms with Gasteiger partial charge < -0.3 is 4.52 Å². The highest BCUT2D eigenvalue weighted by Crippen LogP contribution is 2.39. The zero-order chi connectivity index (χ0) is 10.8. The summed E-state index contributed by atoms with van der Waals surface area (Å²) in [5.41, 5.74) is -0.0732. The van der Waals surface area contributed by atoms with E-state index in [0.717, 1.165) is 0 Å². The SMILES string of the molecule is CP(C)(=O)Oc1cccc([N+](=O)[O-])c1. The maximum absolute atomic E-state index is 11.3. The Balaban J connectivity index is 2.95. The van der Waals surface area contributed by atoms with E-state index in [1.54, 1.807) is 0 Å². The van der Waals surface area contributed by atoms with Crippen molar-refractivity contribution in [2.24, 2.45) is 0 Å². The van der Waals surface area contributed by atoms with Gasteiger partial charge in [0.05, 0.1) is 11.0 Å². The van der Waals surface area contributed by atoms with Crippen LogP contribution >= 0.6 is 7.37 Å². The third-order valence-electron chi connectivity index (χ3n) is 1.35. The Morgan fingerprint density at radius 3 is 2.57 bits per heavy atom. The summed E-state index contributed by atoms with van der Waals surface area (Å²) in [5.74, 6) is 0.257. The number of hydrogen-bond donors (Lipinski definition) is 0. The molecule has 1 aromatic rings. The molecular formula is C8H10NO4P. The van der Waals surface area contributed by atoms with Crippen molar-refractivity contribution in [3.63, 3.8) is 0 Å². The Hall–Kier alpha value is -1.35. The van der Waals surface area contributed by atoms with Crippen molar-refractivity contribution in [2.75, 3.05) is 13.3 Å². The van der Waals surface area contributed by atoms with Crippen LogP contribution in [0.5, 0.6) is 5.75 Å². The molecule has 1 aromatic carbocycles. The van der Waals surface area contributed by atoms with Crippen LogP contribution in [0.2, 0.25) is 0 Å². The molecule has 0 aliphatic heterocycles. The van der Waals surface area contributed by atoms with E-state index >= 15 is 0 Å². The predicted molar refractivity (Wildman–Crippen MR) is 53.2 cm³/mol. The molecular weight excluding hydrogens is 205 g/mol. The van der Waals surface area contributed by atoms with Gasteiger partial charge in [-0.15, -0.1) is 0 Å². The van der Waals surface area contributed by atoms with Crippen LogP contribution in [0.3, 0.4) is 0 Å². The molecule has 0 heterocycles. The number of hydrogen-bond acceptors (Lipinski definition) is 4. The quantitative estimate of drug-likeness (QED) is 0.441. The van der Waals surface area contributed by atoms with E-state index in [9.17, 15) is 14.7 Å². The Morgan fingerprint density at radius 1 is 1.43 bits per heavy atom. The molecule has 0 saturated heterocycles. The number of benzene rings is 1. The second kappa shape index (κ2) is 3.80. The Labute approximate surface area is 81.3 Å². The lowest BCUT2D eigenvalue weighted by molar-refractivity contribution is -0.384. The molecule has 1 rings (SSSR count). The molecule has 0 aromatic heterocycles. The van der Waals surface area contributed by atoms with Gasteiger partial charge in [-0.3, -0.25) is 14.7 Å². The van der Waals surface area contributed by atoms with Crippen molar-refractivity contribution >= 4 is 13.1 Å². The molecule has 0 bridgehead atoms. The second-order valence-electron chi connectivity index (χ2n) is 3.10. The van der Waals surface area contributed by atoms with Gasteiger partial charge >= 0.3 is 0 Å². The first-order chi connectivity index (χ1) is 6.38. The monoisotopic (exact) mass is 215 g/mol. The number of non-ortho nitro benzene ring substituents is 1. The van der Waals surface area contributed by atoms with Crippen molar-refractivity contribution in [2.45, 2.75) is 0 Å². The highest BCUT2D eigenvalue weighted by atomic mass is 31.2. The fourth-order valence-corrected chi connectivity index (χ4v) is 1.53. The molecule has 0 unspecified atom stereocenters. The van der Waals surface area contributed by atoms with Gasteiger partial charge in [-0.1, -0.05) is 6.07 Å². The maximum atomic E-state index is 11.3. The lowest BCUT2D eigenvalue weighted by Gasteiger charge is -2.09. The fraction of sp³-hybridized carbons (Fsp3) is 0.250. The first-order valence-corrected chi connectivity index (χ1v) is 6.39. The highest BCUT2D eigenvalue weighted by molar-refractivity contribution is 7.57. The summed E-state index contributed by atoms with van der Waals surface area (Å²) < 4.78 is 16.3. The van der Waals surface area contributed by atoms with E-state index < -0.39 is 12.3 Å². The van der Waals surface area contributed by atoms with Crippen LogP contribution in [0.15, 0.2) is 24.3 Å². The van der Waals surface area contributed by atoms with Crippen molar-refractivity contribution in [1.29, 1.82) is 0 Å². The van der Waals surface area contributed by atoms with Crippen molar-refractivity contribution in [3.8, 4) is 5.75 Å². The van der Waals surface area contributed by atoms with Gasteiger partial charge in [0, 0.05) is 19.4 Å². The molecule has 0 amide bonds. The van der Waals surface area contributed by atoms with Crippen LogP contribution in [-0.4, -0.2) is 18.3 Å². The molecule has 5 nitrogen and oxygen atoms in total. The maximum Gasteiger partial charge on any atom is 0.273 e. The molecule has 0 fully saturated rings. The Bertz CT molecular complexity index is 398. The fourth-order valence-electron chi connectivity index (χ4n) is 0.908. The lowest BCUT2D eigenvalue weighted by Crippen LogP contribution is -1.91. The number of nitro benzene ring substituents is 1. The van der Waals surface area contributed by atoms with Gasteiger partial charge in [-0.05, 0) is 6.07 Å². The molecule has 0 saturated carbocycles. The average molecular weight is 215 g/mol. The van der Waals surface area contributed by atoms with Gasteiger partial charge in [0.2, 0.25) is 7.37 Å². The van der Waals surface area contributed by atoms with Crippen molar-refractivity contribution in [1.82, 2.24) is 0 Å². The molecule has 0 atom stereocenters. The molecule has 76 valence electrons. The van der Waals surface area contributed by atoms with Crippen LogP contribution in [0.4, 0.5) is 5.69 Å². The summed E-state index contributed by atoms with van der Waals surface area (Å²) in [4.78, 5) is 9.88. The summed E-state index contributed by atoms with van der Waals surface area (Å²) in [6.07, 6.45) is 0. The number of nitro groups is 1. The van der Waals surface area contributed by atoms with Crippen molar-refractivity contribution in [3.05, 3.63) is 34.4 Å². The van der Waals surface area contributed by atoms with Gasteiger partial charge in [-0.2, -0.15) is 0 Å². The summed E-state index contributed by atoms with van der Waals surface area (Å²) >= 11 is 0. The average Bonchev–Trinajstić information content (AvgIpc) is 2.01. The van der Waals surface area contributed by atoms with E-state index in [2.05, 4.69) is 0 Å². The van der Waals surface area contributed by atoms with Gasteiger partial charge in [0.1, 0.15) is 5.75 Å². The molecule has 6 heteroatoms. The normalized spacial score (nSPS) is 11.0. The number of rotatable bonds is 3. The standard InChI is InChI=1S/C8H10NO4P/c1-14(2,12)13-8-5-3-4-7(6-8)9(10)11/h3-6H,1-2H3. The first kappa shape index (κ1) is 10.7. The van der Waals surface area contributed by atoms with Crippen LogP contribution in [-0.2, 0) is 4.57 Å². The van der Waals surface area contributed by atoms with E-state index in [1.807, 2.05) is 0 Å². The third-order valence-corrected chi connectivity index (χ3v) is 2.00. The molecule has 0 radical (unpaired) electrons. The zero-order valence-electron chi connectivity index (χ0n) is 7.84. The largest absolute Gasteiger partial charge is 0.443 e. The summed E-state index contributed by atoms with van der Waals surface area (Å²) in [6.45, 7) is 2.90. The van der Waals surface area contributed by atoms with E-state index in [0.29, 0.717) is 0 Å². The first-order valence-electron chi connectivity index (χ1n) is 3.87. The Kier molecular flexibility index (Phi) is 2.91. The zero-order valence-corrected chi connectivity index (χ0v) is 8.73. The molecule has 0 spiro atoms. The topological polar surface area (TPSA) is 69.4 Å². The molecule has 0 aliphatic carbocycles. The number of nitrogens with zero attached hydrogens (tertiary/aromatic N) is 1. The second-order valence-corrected chi connectivity index (χ2v) is 5.78. The van der Waals surface area contributed by atoms with E-state index in [-0.39, 0.29) is 11.4 Å². The summed E-state index contributed by atoms with van der Waals surface area (Å²) in [7, 11) is -2.66. The minimum absolute atomic E-state index is 0.0732. The Morgan fingerprint density at radius 2 is 2.07 bits per heavy atom. The molecule has 14 heavy (non-hydrogen) atoms. The molecule has 0 N–H and O–H groups in total. The predicted octanol–water partition coefficient (Wildman–Crippen LogP) is 2.51. The summed E-state index contributed by atoms with van der Waals surface area (Å²) in [6, 6.07) is 5.62. The van der Waals surface area contributed by atoms with Gasteiger partial charge in [-0.25, -0.2) is 0 Å². The van der Waals surface area contributed by atoms with E-state index in [4.69, 9.17) is 4.52 Å². The van der Waals surface area contributed by atoms with Crippen molar-refractivity contribution < 1.29 is 14.0 Å². The minimum atomic E-state index is -2.66. The lowest BCUT2D eigenvalue weighted by atomic mass is 10.3. The van der Waals surface area contributed by atoms with Crippen LogP contribution in [0.1, 0.15) is 0 Å². The van der Waals surface area contributed by atoms with Crippen LogP contribution < -0.4 is 4.52 Å². The van der Waals surface area contributed by atoms with Crippen LogP contribution in [0.25, 0.3) is 0 Å². The van der Waals surface area contributed by atoms with Gasteiger partial charge in [0.25, 0.3) is 5.69 Å². The molecule has 0 aliphatic rings. The summed E-state index contributed by atoms with van der Waals surface area (Å²) in [5, 5.41) is 10.4. The smallest absolute Gasteiger partial charge is 0.273 e. The highest BCUT2D eigenvalue weighted by Gasteiger charge is 2.11. The van der Waals surface area contributed by atoms with Crippen LogP contribution in [0, 0.1) is 10.1 Å². The van der Waals surface area contributed by atoms with E-state index in [1.165, 1.54) is 37.6 Å². The third kappa shape index (κ3) is 3.18. The minimum Gasteiger partial charge on any atom is -0.443 e. The van der Waals surface area contributed by atoms with Gasteiger partial charge in [0.15, 0.2) is 0 Å².